The normalized spacial score (nSPS) is 33.2. The van der Waals surface area contributed by atoms with Crippen LogP contribution in [-0.4, -0.2) is 26.3 Å². The van der Waals surface area contributed by atoms with E-state index in [1.54, 1.807) is 6.20 Å². The van der Waals surface area contributed by atoms with Gasteiger partial charge in [0.05, 0.1) is 12.9 Å². The average molecular weight is 295 g/mol. The first-order valence-electron chi connectivity index (χ1n) is 7.25. The van der Waals surface area contributed by atoms with Crippen molar-refractivity contribution in [3.05, 3.63) is 30.1 Å². The molecule has 0 saturated heterocycles. The Hall–Kier alpha value is -0.940. The molecule has 0 spiro atoms. The summed E-state index contributed by atoms with van der Waals surface area (Å²) in [6, 6.07) is 5.90. The molecule has 1 unspecified atom stereocenters. The van der Waals surface area contributed by atoms with Crippen LogP contribution in [0.15, 0.2) is 24.4 Å². The molecular formula is C15H21NO3S. The predicted molar refractivity (Wildman–Crippen MR) is 76.8 cm³/mol. The Kier molecular flexibility index (Phi) is 3.58. The van der Waals surface area contributed by atoms with Gasteiger partial charge in [-0.3, -0.25) is 9.17 Å². The molecule has 3 aliphatic carbocycles. The van der Waals surface area contributed by atoms with Crippen molar-refractivity contribution in [3.8, 4) is 0 Å². The molecule has 3 aliphatic rings. The van der Waals surface area contributed by atoms with Gasteiger partial charge in [0.1, 0.15) is 0 Å². The number of nitrogens with zero attached hydrogens (tertiary/aromatic N) is 1. The second-order valence-electron chi connectivity index (χ2n) is 6.26. The first-order valence-corrected chi connectivity index (χ1v) is 9.07. The van der Waals surface area contributed by atoms with Gasteiger partial charge in [0, 0.05) is 17.3 Å². The van der Waals surface area contributed by atoms with Crippen LogP contribution in [0.25, 0.3) is 0 Å². The third kappa shape index (κ3) is 2.61. The first-order chi connectivity index (χ1) is 9.50. The summed E-state index contributed by atoms with van der Waals surface area (Å²) >= 11 is 0. The molecule has 1 aromatic rings. The van der Waals surface area contributed by atoms with Crippen LogP contribution in [0, 0.1) is 11.8 Å². The Bertz CT molecular complexity index is 564. The predicted octanol–water partition coefficient (Wildman–Crippen LogP) is 2.51. The Morgan fingerprint density at radius 2 is 2.05 bits per heavy atom. The van der Waals surface area contributed by atoms with Crippen molar-refractivity contribution in [2.45, 2.75) is 37.5 Å². The molecule has 110 valence electrons. The fourth-order valence-electron chi connectivity index (χ4n) is 4.03. The van der Waals surface area contributed by atoms with Gasteiger partial charge in [0.15, 0.2) is 0 Å². The molecule has 0 radical (unpaired) electrons. The third-order valence-electron chi connectivity index (χ3n) is 4.99. The van der Waals surface area contributed by atoms with Crippen molar-refractivity contribution >= 4 is 10.1 Å². The van der Waals surface area contributed by atoms with Crippen LogP contribution in [0.2, 0.25) is 0 Å². The van der Waals surface area contributed by atoms with Crippen LogP contribution in [0.5, 0.6) is 0 Å². The van der Waals surface area contributed by atoms with Gasteiger partial charge in [-0.15, -0.1) is 0 Å². The summed E-state index contributed by atoms with van der Waals surface area (Å²) in [5.74, 6) is 1.18. The van der Waals surface area contributed by atoms with E-state index in [4.69, 9.17) is 4.18 Å². The van der Waals surface area contributed by atoms with Crippen LogP contribution in [0.1, 0.15) is 37.8 Å². The molecule has 5 heteroatoms. The largest absolute Gasteiger partial charge is 0.269 e. The van der Waals surface area contributed by atoms with E-state index >= 15 is 0 Å². The first kappa shape index (κ1) is 14.0. The van der Waals surface area contributed by atoms with Crippen molar-refractivity contribution in [2.75, 3.05) is 12.9 Å². The lowest BCUT2D eigenvalue weighted by atomic mass is 9.55. The highest BCUT2D eigenvalue weighted by atomic mass is 32.2. The Balaban J connectivity index is 1.95. The highest BCUT2D eigenvalue weighted by Crippen LogP contribution is 2.53. The summed E-state index contributed by atoms with van der Waals surface area (Å²) in [5, 5.41) is 0. The minimum absolute atomic E-state index is 0.217. The maximum atomic E-state index is 11.4. The topological polar surface area (TPSA) is 56.3 Å². The molecule has 0 N–H and O–H groups in total. The summed E-state index contributed by atoms with van der Waals surface area (Å²) in [4.78, 5) is 4.52. The standard InChI is InChI=1S/C15H21NO3S/c1-20(17,18)19-11-15(14-4-2-3-9-16-14)10-12-5-7-13(15)8-6-12/h2-4,9,12-13H,5-8,10-11H2,1H3. The zero-order valence-electron chi connectivity index (χ0n) is 11.8. The summed E-state index contributed by atoms with van der Waals surface area (Å²) in [6.45, 7) is 0.240. The number of pyridine rings is 1. The van der Waals surface area contributed by atoms with Crippen molar-refractivity contribution < 1.29 is 12.6 Å². The number of rotatable bonds is 4. The molecule has 20 heavy (non-hydrogen) atoms. The fourth-order valence-corrected chi connectivity index (χ4v) is 4.46. The Labute approximate surface area is 120 Å². The van der Waals surface area contributed by atoms with Gasteiger partial charge in [-0.05, 0) is 43.2 Å². The van der Waals surface area contributed by atoms with Gasteiger partial charge in [-0.1, -0.05) is 18.9 Å². The third-order valence-corrected chi connectivity index (χ3v) is 5.53. The smallest absolute Gasteiger partial charge is 0.264 e. The molecule has 2 bridgehead atoms. The zero-order chi connectivity index (χ0) is 14.2. The minimum atomic E-state index is -3.41. The molecule has 4 rings (SSSR count). The van der Waals surface area contributed by atoms with Crippen molar-refractivity contribution in [2.24, 2.45) is 11.8 Å². The zero-order valence-corrected chi connectivity index (χ0v) is 12.6. The van der Waals surface area contributed by atoms with E-state index in [0.717, 1.165) is 31.2 Å². The molecular weight excluding hydrogens is 274 g/mol. The maximum Gasteiger partial charge on any atom is 0.264 e. The van der Waals surface area contributed by atoms with Gasteiger partial charge in [-0.2, -0.15) is 8.42 Å². The van der Waals surface area contributed by atoms with Gasteiger partial charge in [0.2, 0.25) is 0 Å². The van der Waals surface area contributed by atoms with Crippen LogP contribution < -0.4 is 0 Å². The van der Waals surface area contributed by atoms with E-state index in [1.165, 1.54) is 12.8 Å². The fraction of sp³-hybridized carbons (Fsp3) is 0.667. The quantitative estimate of drug-likeness (QED) is 0.801. The van der Waals surface area contributed by atoms with Crippen LogP contribution in [-0.2, 0) is 19.7 Å². The van der Waals surface area contributed by atoms with Crippen LogP contribution >= 0.6 is 0 Å². The monoisotopic (exact) mass is 295 g/mol. The minimum Gasteiger partial charge on any atom is -0.269 e. The molecule has 3 fully saturated rings. The van der Waals surface area contributed by atoms with E-state index in [1.807, 2.05) is 18.2 Å². The van der Waals surface area contributed by atoms with E-state index in [0.29, 0.717) is 11.8 Å². The second-order valence-corrected chi connectivity index (χ2v) is 7.90. The van der Waals surface area contributed by atoms with E-state index in [9.17, 15) is 8.42 Å². The summed E-state index contributed by atoms with van der Waals surface area (Å²) in [7, 11) is -3.41. The van der Waals surface area contributed by atoms with Crippen molar-refractivity contribution in [1.29, 1.82) is 0 Å². The van der Waals surface area contributed by atoms with Crippen molar-refractivity contribution in [3.63, 3.8) is 0 Å². The van der Waals surface area contributed by atoms with Gasteiger partial charge >= 0.3 is 0 Å². The lowest BCUT2D eigenvalue weighted by molar-refractivity contribution is 0.0268. The van der Waals surface area contributed by atoms with Gasteiger partial charge in [-0.25, -0.2) is 0 Å². The van der Waals surface area contributed by atoms with Crippen molar-refractivity contribution in [1.82, 2.24) is 4.98 Å². The van der Waals surface area contributed by atoms with E-state index < -0.39 is 10.1 Å². The molecule has 0 aromatic carbocycles. The number of hydrogen-bond donors (Lipinski definition) is 0. The molecule has 1 aromatic heterocycles. The number of hydrogen-bond acceptors (Lipinski definition) is 4. The SMILES string of the molecule is CS(=O)(=O)OCC1(c2ccccn2)CC2CCC1CC2. The van der Waals surface area contributed by atoms with Gasteiger partial charge < -0.3 is 0 Å². The summed E-state index contributed by atoms with van der Waals surface area (Å²) < 4.78 is 28.0. The molecule has 0 aliphatic heterocycles. The number of aromatic nitrogens is 1. The average Bonchev–Trinajstić information content (AvgIpc) is 2.46. The highest BCUT2D eigenvalue weighted by molar-refractivity contribution is 7.85. The number of fused-ring (bicyclic) bond motifs is 3. The lowest BCUT2D eigenvalue weighted by Gasteiger charge is -2.51. The Morgan fingerprint density at radius 3 is 2.55 bits per heavy atom. The summed E-state index contributed by atoms with van der Waals surface area (Å²) in [5.41, 5.74) is 0.781. The molecule has 1 atom stereocenters. The van der Waals surface area contributed by atoms with E-state index in [-0.39, 0.29) is 12.0 Å². The molecule has 3 saturated carbocycles. The highest BCUT2D eigenvalue weighted by Gasteiger charge is 2.50. The van der Waals surface area contributed by atoms with Gasteiger partial charge in [0.25, 0.3) is 10.1 Å². The summed E-state index contributed by atoms with van der Waals surface area (Å²) in [6.07, 6.45) is 8.77. The Morgan fingerprint density at radius 1 is 1.30 bits per heavy atom. The lowest BCUT2D eigenvalue weighted by Crippen LogP contribution is -2.49. The van der Waals surface area contributed by atoms with E-state index in [2.05, 4.69) is 4.98 Å². The van der Waals surface area contributed by atoms with Crippen LogP contribution in [0.4, 0.5) is 0 Å². The molecule has 4 nitrogen and oxygen atoms in total. The maximum absolute atomic E-state index is 11.4. The second kappa shape index (κ2) is 5.11. The molecule has 0 amide bonds. The molecule has 1 heterocycles. The van der Waals surface area contributed by atoms with Crippen LogP contribution in [0.3, 0.4) is 0 Å².